The van der Waals surface area contributed by atoms with Gasteiger partial charge in [-0.25, -0.2) is 15.0 Å². The van der Waals surface area contributed by atoms with Crippen molar-refractivity contribution < 1.29 is 4.74 Å². The SMILES string of the molecule is COc1nc[c]c(-c2cnc(C3CC3)nc2)n1. The molecule has 0 bridgehead atoms. The summed E-state index contributed by atoms with van der Waals surface area (Å²) in [5, 5.41) is 0. The van der Waals surface area contributed by atoms with E-state index in [2.05, 4.69) is 26.0 Å². The van der Waals surface area contributed by atoms with Crippen molar-refractivity contribution in [3.8, 4) is 17.3 Å². The maximum atomic E-state index is 4.97. The van der Waals surface area contributed by atoms with Crippen LogP contribution in [-0.4, -0.2) is 27.0 Å². The Labute approximate surface area is 98.9 Å². The van der Waals surface area contributed by atoms with E-state index in [0.29, 0.717) is 17.6 Å². The summed E-state index contributed by atoms with van der Waals surface area (Å²) in [5.74, 6) is 1.49. The minimum Gasteiger partial charge on any atom is -0.467 e. The van der Waals surface area contributed by atoms with Crippen molar-refractivity contribution in [2.24, 2.45) is 0 Å². The second-order valence-electron chi connectivity index (χ2n) is 3.95. The average Bonchev–Trinajstić information content (AvgIpc) is 3.23. The molecule has 1 fully saturated rings. The number of aromatic nitrogens is 4. The van der Waals surface area contributed by atoms with Crippen molar-refractivity contribution in [3.05, 3.63) is 30.5 Å². The summed E-state index contributed by atoms with van der Waals surface area (Å²) >= 11 is 0. The van der Waals surface area contributed by atoms with Gasteiger partial charge >= 0.3 is 6.01 Å². The van der Waals surface area contributed by atoms with Gasteiger partial charge in [0.2, 0.25) is 0 Å². The third-order valence-corrected chi connectivity index (χ3v) is 2.65. The van der Waals surface area contributed by atoms with Crippen molar-refractivity contribution in [3.63, 3.8) is 0 Å². The second kappa shape index (κ2) is 4.08. The van der Waals surface area contributed by atoms with Gasteiger partial charge in [-0.1, -0.05) is 0 Å². The van der Waals surface area contributed by atoms with Gasteiger partial charge in [-0.3, -0.25) is 0 Å². The third-order valence-electron chi connectivity index (χ3n) is 2.65. The number of nitrogens with zero attached hydrogens (tertiary/aromatic N) is 4. The molecule has 1 aliphatic rings. The van der Waals surface area contributed by atoms with E-state index in [9.17, 15) is 0 Å². The van der Waals surface area contributed by atoms with Crippen LogP contribution >= 0.6 is 0 Å². The zero-order valence-electron chi connectivity index (χ0n) is 9.42. The normalized spacial score (nSPS) is 14.6. The Kier molecular flexibility index (Phi) is 2.44. The Morgan fingerprint density at radius 2 is 2.00 bits per heavy atom. The first-order valence-electron chi connectivity index (χ1n) is 5.48. The molecule has 0 spiro atoms. The summed E-state index contributed by atoms with van der Waals surface area (Å²) in [6.45, 7) is 0. The van der Waals surface area contributed by atoms with E-state index >= 15 is 0 Å². The fraction of sp³-hybridized carbons (Fsp3) is 0.333. The first kappa shape index (κ1) is 10.1. The summed E-state index contributed by atoms with van der Waals surface area (Å²) in [6.07, 6.45) is 7.49. The molecule has 0 unspecified atom stereocenters. The molecule has 1 radical (unpaired) electrons. The first-order valence-corrected chi connectivity index (χ1v) is 5.48. The Hall–Kier alpha value is -2.04. The molecule has 0 N–H and O–H groups in total. The van der Waals surface area contributed by atoms with Crippen LogP contribution in [0.4, 0.5) is 0 Å². The average molecular weight is 227 g/mol. The largest absolute Gasteiger partial charge is 0.467 e. The fourth-order valence-corrected chi connectivity index (χ4v) is 1.56. The molecule has 0 aromatic carbocycles. The summed E-state index contributed by atoms with van der Waals surface area (Å²) in [6, 6.07) is 3.27. The molecule has 17 heavy (non-hydrogen) atoms. The molecule has 3 rings (SSSR count). The monoisotopic (exact) mass is 227 g/mol. The highest BCUT2D eigenvalue weighted by molar-refractivity contribution is 5.55. The Bertz CT molecular complexity index is 522. The summed E-state index contributed by atoms with van der Waals surface area (Å²) in [5.41, 5.74) is 1.48. The lowest BCUT2D eigenvalue weighted by Gasteiger charge is -2.02. The molecule has 2 heterocycles. The highest BCUT2D eigenvalue weighted by Gasteiger charge is 2.26. The summed E-state index contributed by atoms with van der Waals surface area (Å²) in [4.78, 5) is 16.8. The van der Waals surface area contributed by atoms with Gasteiger partial charge in [0.25, 0.3) is 0 Å². The Morgan fingerprint density at radius 1 is 1.24 bits per heavy atom. The van der Waals surface area contributed by atoms with E-state index in [1.165, 1.54) is 26.1 Å². The molecule has 5 heteroatoms. The minimum absolute atomic E-state index is 0.324. The molecule has 1 saturated carbocycles. The highest BCUT2D eigenvalue weighted by Crippen LogP contribution is 2.37. The highest BCUT2D eigenvalue weighted by atomic mass is 16.5. The van der Waals surface area contributed by atoms with E-state index in [-0.39, 0.29) is 0 Å². The molecule has 5 nitrogen and oxygen atoms in total. The molecule has 2 aromatic rings. The van der Waals surface area contributed by atoms with Crippen molar-refractivity contribution in [1.29, 1.82) is 0 Å². The lowest BCUT2D eigenvalue weighted by Crippen LogP contribution is -1.96. The summed E-state index contributed by atoms with van der Waals surface area (Å²) < 4.78 is 4.97. The van der Waals surface area contributed by atoms with Crippen LogP contribution in [0.25, 0.3) is 11.3 Å². The van der Waals surface area contributed by atoms with Crippen LogP contribution in [0.3, 0.4) is 0 Å². The topological polar surface area (TPSA) is 60.8 Å². The molecule has 0 amide bonds. The van der Waals surface area contributed by atoms with Gasteiger partial charge in [0, 0.05) is 36.1 Å². The van der Waals surface area contributed by atoms with Crippen LogP contribution in [0.5, 0.6) is 6.01 Å². The van der Waals surface area contributed by atoms with Crippen molar-refractivity contribution in [2.45, 2.75) is 18.8 Å². The van der Waals surface area contributed by atoms with Gasteiger partial charge in [-0.05, 0) is 12.8 Å². The number of hydrogen-bond acceptors (Lipinski definition) is 5. The lowest BCUT2D eigenvalue weighted by atomic mass is 10.2. The van der Waals surface area contributed by atoms with Gasteiger partial charge in [-0.2, -0.15) is 4.98 Å². The number of ether oxygens (including phenoxy) is 1. The third kappa shape index (κ3) is 2.08. The van der Waals surface area contributed by atoms with Crippen LogP contribution in [-0.2, 0) is 0 Å². The standard InChI is InChI=1S/C12H11N4O/c1-17-12-13-5-4-10(16-12)9-6-14-11(15-7-9)8-2-3-8/h5-8H,2-3H2,1H3. The van der Waals surface area contributed by atoms with Gasteiger partial charge in [0.15, 0.2) is 0 Å². The van der Waals surface area contributed by atoms with Gasteiger partial charge in [-0.15, -0.1) is 0 Å². The molecule has 2 aromatic heterocycles. The molecule has 0 atom stereocenters. The molecule has 0 saturated heterocycles. The van der Waals surface area contributed by atoms with E-state index in [1.807, 2.05) is 0 Å². The van der Waals surface area contributed by atoms with Crippen LogP contribution < -0.4 is 4.74 Å². The maximum Gasteiger partial charge on any atom is 0.316 e. The van der Waals surface area contributed by atoms with Crippen LogP contribution in [0.15, 0.2) is 18.6 Å². The van der Waals surface area contributed by atoms with Gasteiger partial charge in [0.1, 0.15) is 5.82 Å². The molecular weight excluding hydrogens is 216 g/mol. The van der Waals surface area contributed by atoms with E-state index in [4.69, 9.17) is 4.74 Å². The van der Waals surface area contributed by atoms with Crippen LogP contribution in [0.1, 0.15) is 24.6 Å². The van der Waals surface area contributed by atoms with E-state index in [1.54, 1.807) is 12.4 Å². The second-order valence-corrected chi connectivity index (χ2v) is 3.95. The fourth-order valence-electron chi connectivity index (χ4n) is 1.56. The van der Waals surface area contributed by atoms with E-state index in [0.717, 1.165) is 11.4 Å². The molecule has 85 valence electrons. The number of hydrogen-bond donors (Lipinski definition) is 0. The predicted octanol–water partition coefficient (Wildman–Crippen LogP) is 1.62. The quantitative estimate of drug-likeness (QED) is 0.797. The smallest absolute Gasteiger partial charge is 0.316 e. The zero-order valence-corrected chi connectivity index (χ0v) is 9.42. The molecule has 1 aliphatic carbocycles. The summed E-state index contributed by atoms with van der Waals surface area (Å²) in [7, 11) is 1.53. The van der Waals surface area contributed by atoms with Gasteiger partial charge in [0.05, 0.1) is 12.8 Å². The molecule has 0 aliphatic heterocycles. The number of methoxy groups -OCH3 is 1. The maximum absolute atomic E-state index is 4.97. The molecular formula is C12H11N4O. The van der Waals surface area contributed by atoms with Crippen molar-refractivity contribution >= 4 is 0 Å². The van der Waals surface area contributed by atoms with E-state index < -0.39 is 0 Å². The van der Waals surface area contributed by atoms with Gasteiger partial charge < -0.3 is 4.74 Å². The lowest BCUT2D eigenvalue weighted by molar-refractivity contribution is 0.380. The Balaban J connectivity index is 1.91. The van der Waals surface area contributed by atoms with Crippen LogP contribution in [0.2, 0.25) is 0 Å². The Morgan fingerprint density at radius 3 is 2.65 bits per heavy atom. The zero-order chi connectivity index (χ0) is 11.7. The first-order chi connectivity index (χ1) is 8.36. The predicted molar refractivity (Wildman–Crippen MR) is 60.4 cm³/mol. The van der Waals surface area contributed by atoms with Crippen molar-refractivity contribution in [1.82, 2.24) is 19.9 Å². The van der Waals surface area contributed by atoms with Crippen LogP contribution in [0, 0.1) is 6.07 Å². The minimum atomic E-state index is 0.324. The van der Waals surface area contributed by atoms with Crippen molar-refractivity contribution in [2.75, 3.05) is 7.11 Å². The number of rotatable bonds is 3.